The first-order chi connectivity index (χ1) is 6.72. The Labute approximate surface area is 82.2 Å². The zero-order chi connectivity index (χ0) is 10.4. The standard InChI is InChI=1S/C9H14FN3O/c1-7(2-3-14)5-11-9-4-8(10)12-6-13-9/h4,6-7,14H,2-3,5H2,1H3,(H,11,12,13). The van der Waals surface area contributed by atoms with Gasteiger partial charge in [0, 0.05) is 19.2 Å². The second kappa shape index (κ2) is 5.49. The van der Waals surface area contributed by atoms with Crippen molar-refractivity contribution in [3.8, 4) is 0 Å². The first kappa shape index (κ1) is 10.8. The van der Waals surface area contributed by atoms with Gasteiger partial charge in [-0.15, -0.1) is 0 Å². The van der Waals surface area contributed by atoms with Crippen molar-refractivity contribution in [2.75, 3.05) is 18.5 Å². The van der Waals surface area contributed by atoms with Crippen molar-refractivity contribution in [3.63, 3.8) is 0 Å². The van der Waals surface area contributed by atoms with Crippen LogP contribution in [0.25, 0.3) is 0 Å². The van der Waals surface area contributed by atoms with Crippen LogP contribution in [0.4, 0.5) is 10.2 Å². The monoisotopic (exact) mass is 199 g/mol. The normalized spacial score (nSPS) is 12.5. The van der Waals surface area contributed by atoms with Crippen molar-refractivity contribution < 1.29 is 9.50 Å². The average molecular weight is 199 g/mol. The molecule has 2 N–H and O–H groups in total. The molecule has 1 aromatic heterocycles. The second-order valence-corrected chi connectivity index (χ2v) is 3.22. The van der Waals surface area contributed by atoms with Crippen LogP contribution < -0.4 is 5.32 Å². The minimum Gasteiger partial charge on any atom is -0.396 e. The maximum absolute atomic E-state index is 12.6. The van der Waals surface area contributed by atoms with E-state index in [1.807, 2.05) is 6.92 Å². The molecule has 1 heterocycles. The van der Waals surface area contributed by atoms with Crippen LogP contribution in [0.2, 0.25) is 0 Å². The number of aliphatic hydroxyl groups excluding tert-OH is 1. The van der Waals surface area contributed by atoms with Crippen molar-refractivity contribution in [2.24, 2.45) is 5.92 Å². The fourth-order valence-corrected chi connectivity index (χ4v) is 1.03. The van der Waals surface area contributed by atoms with Crippen LogP contribution in [0.3, 0.4) is 0 Å². The van der Waals surface area contributed by atoms with Crippen LogP contribution in [0.1, 0.15) is 13.3 Å². The van der Waals surface area contributed by atoms with Gasteiger partial charge in [-0.1, -0.05) is 6.92 Å². The molecular weight excluding hydrogens is 185 g/mol. The summed E-state index contributed by atoms with van der Waals surface area (Å²) in [6.07, 6.45) is 1.90. The lowest BCUT2D eigenvalue weighted by molar-refractivity contribution is 0.266. The Morgan fingerprint density at radius 3 is 3.00 bits per heavy atom. The zero-order valence-corrected chi connectivity index (χ0v) is 8.07. The third-order valence-electron chi connectivity index (χ3n) is 1.89. The molecular formula is C9H14FN3O. The molecule has 0 amide bonds. The fourth-order valence-electron chi connectivity index (χ4n) is 1.03. The minimum atomic E-state index is -0.544. The number of rotatable bonds is 5. The highest BCUT2D eigenvalue weighted by Crippen LogP contribution is 2.05. The molecule has 0 bridgehead atoms. The Morgan fingerprint density at radius 1 is 1.57 bits per heavy atom. The van der Waals surface area contributed by atoms with Crippen molar-refractivity contribution >= 4 is 5.82 Å². The number of nitrogens with zero attached hydrogens (tertiary/aromatic N) is 2. The zero-order valence-electron chi connectivity index (χ0n) is 8.07. The molecule has 1 aromatic rings. The number of aliphatic hydroxyl groups is 1. The van der Waals surface area contributed by atoms with Crippen LogP contribution in [-0.4, -0.2) is 28.2 Å². The van der Waals surface area contributed by atoms with Crippen molar-refractivity contribution in [2.45, 2.75) is 13.3 Å². The second-order valence-electron chi connectivity index (χ2n) is 3.22. The Morgan fingerprint density at radius 2 is 2.36 bits per heavy atom. The number of anilines is 1. The maximum atomic E-state index is 12.6. The molecule has 0 aromatic carbocycles. The molecule has 1 rings (SSSR count). The highest BCUT2D eigenvalue weighted by Gasteiger charge is 2.02. The van der Waals surface area contributed by atoms with Crippen molar-refractivity contribution in [1.29, 1.82) is 0 Å². The summed E-state index contributed by atoms with van der Waals surface area (Å²) in [5, 5.41) is 11.6. The van der Waals surface area contributed by atoms with Gasteiger partial charge in [-0.2, -0.15) is 4.39 Å². The molecule has 0 aliphatic rings. The summed E-state index contributed by atoms with van der Waals surface area (Å²) >= 11 is 0. The van der Waals surface area contributed by atoms with Crippen LogP contribution in [0.5, 0.6) is 0 Å². The lowest BCUT2D eigenvalue weighted by Gasteiger charge is -2.10. The molecule has 5 heteroatoms. The van der Waals surface area contributed by atoms with Crippen LogP contribution in [-0.2, 0) is 0 Å². The lowest BCUT2D eigenvalue weighted by Crippen LogP contribution is -2.13. The topological polar surface area (TPSA) is 58.0 Å². The summed E-state index contributed by atoms with van der Waals surface area (Å²) in [4.78, 5) is 7.19. The van der Waals surface area contributed by atoms with Crippen LogP contribution >= 0.6 is 0 Å². The van der Waals surface area contributed by atoms with E-state index in [0.717, 1.165) is 6.42 Å². The van der Waals surface area contributed by atoms with E-state index in [1.54, 1.807) is 0 Å². The van der Waals surface area contributed by atoms with E-state index < -0.39 is 5.95 Å². The van der Waals surface area contributed by atoms with E-state index in [9.17, 15) is 4.39 Å². The first-order valence-corrected chi connectivity index (χ1v) is 4.54. The van der Waals surface area contributed by atoms with Crippen LogP contribution in [0, 0.1) is 11.9 Å². The molecule has 78 valence electrons. The van der Waals surface area contributed by atoms with E-state index in [1.165, 1.54) is 12.4 Å². The number of aromatic nitrogens is 2. The van der Waals surface area contributed by atoms with E-state index in [2.05, 4.69) is 15.3 Å². The van der Waals surface area contributed by atoms with E-state index in [0.29, 0.717) is 18.3 Å². The van der Waals surface area contributed by atoms with Gasteiger partial charge >= 0.3 is 0 Å². The Balaban J connectivity index is 2.37. The van der Waals surface area contributed by atoms with Gasteiger partial charge in [0.2, 0.25) is 5.95 Å². The lowest BCUT2D eigenvalue weighted by atomic mass is 10.1. The van der Waals surface area contributed by atoms with Crippen LogP contribution in [0.15, 0.2) is 12.4 Å². The van der Waals surface area contributed by atoms with E-state index in [4.69, 9.17) is 5.11 Å². The molecule has 14 heavy (non-hydrogen) atoms. The highest BCUT2D eigenvalue weighted by molar-refractivity contribution is 5.31. The Hall–Kier alpha value is -1.23. The number of hydrogen-bond donors (Lipinski definition) is 2. The Bertz CT molecular complexity index is 283. The predicted octanol–water partition coefficient (Wildman–Crippen LogP) is 1.05. The van der Waals surface area contributed by atoms with Gasteiger partial charge < -0.3 is 10.4 Å². The molecule has 0 radical (unpaired) electrons. The average Bonchev–Trinajstić information content (AvgIpc) is 2.15. The summed E-state index contributed by atoms with van der Waals surface area (Å²) < 4.78 is 12.6. The van der Waals surface area contributed by atoms with Crippen molar-refractivity contribution in [1.82, 2.24) is 9.97 Å². The number of hydrogen-bond acceptors (Lipinski definition) is 4. The molecule has 0 spiro atoms. The summed E-state index contributed by atoms with van der Waals surface area (Å²) in [7, 11) is 0. The molecule has 0 aliphatic heterocycles. The molecule has 4 nitrogen and oxygen atoms in total. The molecule has 0 aliphatic carbocycles. The molecule has 0 saturated heterocycles. The number of halogens is 1. The van der Waals surface area contributed by atoms with Gasteiger partial charge in [-0.3, -0.25) is 0 Å². The summed E-state index contributed by atoms with van der Waals surface area (Å²) in [6.45, 7) is 2.83. The maximum Gasteiger partial charge on any atom is 0.217 e. The predicted molar refractivity (Wildman–Crippen MR) is 51.3 cm³/mol. The van der Waals surface area contributed by atoms with Gasteiger partial charge in [-0.05, 0) is 12.3 Å². The van der Waals surface area contributed by atoms with Gasteiger partial charge in [0.25, 0.3) is 0 Å². The van der Waals surface area contributed by atoms with Gasteiger partial charge in [0.1, 0.15) is 12.1 Å². The molecule has 0 saturated carbocycles. The largest absolute Gasteiger partial charge is 0.396 e. The summed E-state index contributed by atoms with van der Waals surface area (Å²) in [6, 6.07) is 1.24. The Kier molecular flexibility index (Phi) is 4.25. The highest BCUT2D eigenvalue weighted by atomic mass is 19.1. The quantitative estimate of drug-likeness (QED) is 0.696. The summed E-state index contributed by atoms with van der Waals surface area (Å²) in [5.74, 6) is 0.262. The molecule has 0 fully saturated rings. The third kappa shape index (κ3) is 3.66. The molecule has 1 unspecified atom stereocenters. The van der Waals surface area contributed by atoms with E-state index >= 15 is 0 Å². The first-order valence-electron chi connectivity index (χ1n) is 4.54. The smallest absolute Gasteiger partial charge is 0.217 e. The third-order valence-corrected chi connectivity index (χ3v) is 1.89. The van der Waals surface area contributed by atoms with Gasteiger partial charge in [0.05, 0.1) is 0 Å². The van der Waals surface area contributed by atoms with Crippen molar-refractivity contribution in [3.05, 3.63) is 18.3 Å². The SMILES string of the molecule is CC(CCO)CNc1cc(F)ncn1. The van der Waals surface area contributed by atoms with Gasteiger partial charge in [-0.25, -0.2) is 9.97 Å². The van der Waals surface area contributed by atoms with Gasteiger partial charge in [0.15, 0.2) is 0 Å². The minimum absolute atomic E-state index is 0.168. The molecule has 1 atom stereocenters. The summed E-state index contributed by atoms with van der Waals surface area (Å²) in [5.41, 5.74) is 0. The fraction of sp³-hybridized carbons (Fsp3) is 0.556. The van der Waals surface area contributed by atoms with E-state index in [-0.39, 0.29) is 6.61 Å². The number of nitrogens with one attached hydrogen (secondary N) is 1.